The van der Waals surface area contributed by atoms with E-state index in [9.17, 15) is 4.79 Å². The van der Waals surface area contributed by atoms with E-state index in [0.717, 1.165) is 45.2 Å². The van der Waals surface area contributed by atoms with Crippen LogP contribution in [0.3, 0.4) is 0 Å². The van der Waals surface area contributed by atoms with Crippen LogP contribution in [-0.4, -0.2) is 54.4 Å². The molecule has 2 heterocycles. The van der Waals surface area contributed by atoms with Gasteiger partial charge in [0.2, 0.25) is 0 Å². The molecular formula is C23H34IN5O2. The van der Waals surface area contributed by atoms with Gasteiger partial charge in [-0.3, -0.25) is 9.69 Å². The Bertz CT molecular complexity index is 855. The molecule has 170 valence electrons. The van der Waals surface area contributed by atoms with E-state index in [0.29, 0.717) is 18.2 Å². The fraction of sp³-hybridized carbons (Fsp3) is 0.478. The number of carbonyl (C=O) groups excluding carboxylic acids is 1. The number of carbonyl (C=O) groups is 1. The van der Waals surface area contributed by atoms with E-state index in [1.54, 1.807) is 12.1 Å². The van der Waals surface area contributed by atoms with Crippen LogP contribution >= 0.6 is 24.0 Å². The number of piperazine rings is 1. The van der Waals surface area contributed by atoms with Crippen molar-refractivity contribution >= 4 is 35.8 Å². The Hall–Kier alpha value is -2.07. The number of halogens is 1. The summed E-state index contributed by atoms with van der Waals surface area (Å²) in [6.45, 7) is 12.5. The first-order valence-electron chi connectivity index (χ1n) is 10.7. The molecule has 31 heavy (non-hydrogen) atoms. The molecule has 1 aromatic carbocycles. The van der Waals surface area contributed by atoms with Gasteiger partial charge in [-0.15, -0.1) is 24.0 Å². The predicted octanol–water partition coefficient (Wildman–Crippen LogP) is 3.40. The standard InChI is InChI=1S/C23H33N5O2.HI/c1-4-25-23(26-15-20-9-10-21(30-20)22(24)29)28-13-11-27(12-14-28)16-18-5-7-19(8-6-18)17(2)3;/h5-10,17H,4,11-16H2,1-3H3,(H2,24,29)(H,25,26);1H. The SMILES string of the molecule is CCNC(=NCc1ccc(C(N)=O)o1)N1CCN(Cc2ccc(C(C)C)cc2)CC1.I. The topological polar surface area (TPSA) is 87.1 Å². The summed E-state index contributed by atoms with van der Waals surface area (Å²) >= 11 is 0. The van der Waals surface area contributed by atoms with Crippen molar-refractivity contribution in [2.45, 2.75) is 39.8 Å². The molecule has 7 nitrogen and oxygen atoms in total. The first kappa shape index (κ1) is 25.2. The third-order valence-corrected chi connectivity index (χ3v) is 5.35. The van der Waals surface area contributed by atoms with Crippen LogP contribution in [0.15, 0.2) is 45.8 Å². The molecule has 0 bridgehead atoms. The van der Waals surface area contributed by atoms with Gasteiger partial charge in [0.1, 0.15) is 12.3 Å². The summed E-state index contributed by atoms with van der Waals surface area (Å²) < 4.78 is 5.43. The Kier molecular flexibility index (Phi) is 9.83. The van der Waals surface area contributed by atoms with E-state index in [2.05, 4.69) is 65.1 Å². The number of benzene rings is 1. The molecule has 1 saturated heterocycles. The van der Waals surface area contributed by atoms with Gasteiger partial charge >= 0.3 is 0 Å². The number of guanidine groups is 1. The van der Waals surface area contributed by atoms with Gasteiger partial charge in [-0.1, -0.05) is 38.1 Å². The highest BCUT2D eigenvalue weighted by atomic mass is 127. The van der Waals surface area contributed by atoms with Crippen LogP contribution in [0.5, 0.6) is 0 Å². The molecular weight excluding hydrogens is 505 g/mol. The summed E-state index contributed by atoms with van der Waals surface area (Å²) in [5.74, 6) is 1.67. The Balaban J connectivity index is 0.00000341. The highest BCUT2D eigenvalue weighted by Crippen LogP contribution is 2.16. The van der Waals surface area contributed by atoms with Gasteiger partial charge in [-0.05, 0) is 36.1 Å². The highest BCUT2D eigenvalue weighted by Gasteiger charge is 2.20. The number of nitrogens with zero attached hydrogens (tertiary/aromatic N) is 3. The predicted molar refractivity (Wildman–Crippen MR) is 135 cm³/mol. The van der Waals surface area contributed by atoms with Crippen molar-refractivity contribution in [3.63, 3.8) is 0 Å². The molecule has 1 aliphatic heterocycles. The number of rotatable bonds is 7. The molecule has 0 atom stereocenters. The Morgan fingerprint density at radius 1 is 1.13 bits per heavy atom. The Morgan fingerprint density at radius 3 is 2.35 bits per heavy atom. The normalized spacial score (nSPS) is 15.1. The third-order valence-electron chi connectivity index (χ3n) is 5.35. The van der Waals surface area contributed by atoms with Gasteiger partial charge in [-0.2, -0.15) is 0 Å². The minimum Gasteiger partial charge on any atom is -0.454 e. The zero-order valence-electron chi connectivity index (χ0n) is 18.6. The van der Waals surface area contributed by atoms with Crippen LogP contribution in [-0.2, 0) is 13.1 Å². The number of nitrogens with two attached hydrogens (primary N) is 1. The average Bonchev–Trinajstić information content (AvgIpc) is 3.22. The smallest absolute Gasteiger partial charge is 0.284 e. The van der Waals surface area contributed by atoms with Crippen LogP contribution in [0.4, 0.5) is 0 Å². The van der Waals surface area contributed by atoms with Gasteiger partial charge in [0.15, 0.2) is 11.7 Å². The summed E-state index contributed by atoms with van der Waals surface area (Å²) in [5, 5.41) is 3.36. The average molecular weight is 539 g/mol. The van der Waals surface area contributed by atoms with E-state index < -0.39 is 5.91 Å². The lowest BCUT2D eigenvalue weighted by atomic mass is 10.0. The third kappa shape index (κ3) is 7.24. The largest absolute Gasteiger partial charge is 0.454 e. The lowest BCUT2D eigenvalue weighted by Crippen LogP contribution is -2.52. The molecule has 1 aromatic heterocycles. The summed E-state index contributed by atoms with van der Waals surface area (Å²) in [6.07, 6.45) is 0. The number of furan rings is 1. The molecule has 3 N–H and O–H groups in total. The monoisotopic (exact) mass is 539 g/mol. The fourth-order valence-corrected chi connectivity index (χ4v) is 3.56. The number of aliphatic imine (C=N–C) groups is 1. The zero-order chi connectivity index (χ0) is 21.5. The van der Waals surface area contributed by atoms with Gasteiger partial charge < -0.3 is 20.4 Å². The molecule has 2 aromatic rings. The summed E-state index contributed by atoms with van der Waals surface area (Å²) in [6, 6.07) is 12.3. The second-order valence-corrected chi connectivity index (χ2v) is 7.96. The van der Waals surface area contributed by atoms with Crippen LogP contribution in [0, 0.1) is 0 Å². The van der Waals surface area contributed by atoms with E-state index in [4.69, 9.17) is 10.2 Å². The number of hydrogen-bond donors (Lipinski definition) is 2. The quantitative estimate of drug-likeness (QED) is 0.320. The minimum atomic E-state index is -0.563. The first-order valence-corrected chi connectivity index (χ1v) is 10.7. The van der Waals surface area contributed by atoms with Crippen molar-refractivity contribution < 1.29 is 9.21 Å². The second-order valence-electron chi connectivity index (χ2n) is 7.96. The van der Waals surface area contributed by atoms with Crippen molar-refractivity contribution in [3.8, 4) is 0 Å². The van der Waals surface area contributed by atoms with Gasteiger partial charge in [-0.25, -0.2) is 4.99 Å². The van der Waals surface area contributed by atoms with E-state index in [1.807, 2.05) is 0 Å². The van der Waals surface area contributed by atoms with Crippen LogP contribution in [0.2, 0.25) is 0 Å². The van der Waals surface area contributed by atoms with E-state index in [-0.39, 0.29) is 29.7 Å². The molecule has 1 aliphatic rings. The number of amides is 1. The summed E-state index contributed by atoms with van der Waals surface area (Å²) in [7, 11) is 0. The van der Waals surface area contributed by atoms with Crippen LogP contribution < -0.4 is 11.1 Å². The lowest BCUT2D eigenvalue weighted by molar-refractivity contribution is 0.0972. The molecule has 0 spiro atoms. The Labute approximate surface area is 202 Å². The Morgan fingerprint density at radius 2 is 1.81 bits per heavy atom. The minimum absolute atomic E-state index is 0. The molecule has 0 saturated carbocycles. The molecule has 1 fully saturated rings. The number of nitrogens with one attached hydrogen (secondary N) is 1. The van der Waals surface area contributed by atoms with Crippen molar-refractivity contribution in [2.24, 2.45) is 10.7 Å². The maximum absolute atomic E-state index is 11.2. The second kappa shape index (κ2) is 12.1. The maximum Gasteiger partial charge on any atom is 0.284 e. The van der Waals surface area contributed by atoms with Gasteiger partial charge in [0.25, 0.3) is 5.91 Å². The molecule has 3 rings (SSSR count). The molecule has 0 aliphatic carbocycles. The number of primary amides is 1. The zero-order valence-corrected chi connectivity index (χ0v) is 21.0. The molecule has 1 amide bonds. The lowest BCUT2D eigenvalue weighted by Gasteiger charge is -2.36. The van der Waals surface area contributed by atoms with Gasteiger partial charge in [0, 0.05) is 39.3 Å². The fourth-order valence-electron chi connectivity index (χ4n) is 3.56. The van der Waals surface area contributed by atoms with Crippen molar-refractivity contribution in [3.05, 3.63) is 59.0 Å². The van der Waals surface area contributed by atoms with E-state index >= 15 is 0 Å². The van der Waals surface area contributed by atoms with Crippen LogP contribution in [0.25, 0.3) is 0 Å². The van der Waals surface area contributed by atoms with Crippen molar-refractivity contribution in [2.75, 3.05) is 32.7 Å². The van der Waals surface area contributed by atoms with Gasteiger partial charge in [0.05, 0.1) is 0 Å². The van der Waals surface area contributed by atoms with Crippen molar-refractivity contribution in [1.82, 2.24) is 15.1 Å². The molecule has 0 radical (unpaired) electrons. The maximum atomic E-state index is 11.2. The number of hydrogen-bond acceptors (Lipinski definition) is 4. The summed E-state index contributed by atoms with van der Waals surface area (Å²) in [4.78, 5) is 20.6. The van der Waals surface area contributed by atoms with Crippen LogP contribution in [0.1, 0.15) is 54.1 Å². The van der Waals surface area contributed by atoms with E-state index in [1.165, 1.54) is 11.1 Å². The highest BCUT2D eigenvalue weighted by molar-refractivity contribution is 14.0. The van der Waals surface area contributed by atoms with Crippen molar-refractivity contribution in [1.29, 1.82) is 0 Å². The summed E-state index contributed by atoms with van der Waals surface area (Å²) in [5.41, 5.74) is 7.98. The molecule has 0 unspecified atom stereocenters. The first-order chi connectivity index (χ1) is 14.5. The molecule has 8 heteroatoms.